The number of carbonyl (C=O) groups excluding carboxylic acids is 2. The second-order valence-corrected chi connectivity index (χ2v) is 9.57. The fourth-order valence-corrected chi connectivity index (χ4v) is 5.00. The Morgan fingerprint density at radius 1 is 1.20 bits per heavy atom. The van der Waals surface area contributed by atoms with E-state index in [4.69, 9.17) is 21.1 Å². The highest BCUT2D eigenvalue weighted by Gasteiger charge is 2.31. The Labute approximate surface area is 179 Å². The first-order valence-corrected chi connectivity index (χ1v) is 11.0. The molecule has 0 bridgehead atoms. The van der Waals surface area contributed by atoms with Gasteiger partial charge in [-0.25, -0.2) is 13.2 Å². The lowest BCUT2D eigenvalue weighted by molar-refractivity contribution is -0.116. The molecule has 0 fully saturated rings. The number of likely N-dealkylation sites (N-methyl/N-ethyl adjacent to an activating group) is 1. The number of rotatable bonds is 4. The highest BCUT2D eigenvalue weighted by Crippen LogP contribution is 2.44. The van der Waals surface area contributed by atoms with Crippen LogP contribution in [0.3, 0.4) is 0 Å². The number of fused-ring (bicyclic) bond motifs is 2. The molecular weight excluding hydrogens is 432 g/mol. The predicted molar refractivity (Wildman–Crippen MR) is 112 cm³/mol. The Morgan fingerprint density at radius 2 is 1.90 bits per heavy atom. The molecule has 0 aliphatic carbocycles. The molecule has 3 rings (SSSR count). The fraction of sp³-hybridized carbons (Fsp3) is 0.300. The number of esters is 1. The number of anilines is 1. The van der Waals surface area contributed by atoms with E-state index in [-0.39, 0.29) is 39.4 Å². The lowest BCUT2D eigenvalue weighted by Crippen LogP contribution is -2.27. The Bertz CT molecular complexity index is 1140. The van der Waals surface area contributed by atoms with E-state index in [1.807, 2.05) is 0 Å². The first-order chi connectivity index (χ1) is 14.0. The molecule has 1 aliphatic heterocycles. The molecule has 160 valence electrons. The minimum Gasteiger partial charge on any atom is -0.465 e. The van der Waals surface area contributed by atoms with Crippen molar-refractivity contribution in [2.24, 2.45) is 0 Å². The third kappa shape index (κ3) is 4.43. The van der Waals surface area contributed by atoms with E-state index >= 15 is 0 Å². The number of ether oxygens (including phenoxy) is 2. The zero-order valence-corrected chi connectivity index (χ0v) is 18.5. The van der Waals surface area contributed by atoms with Crippen molar-refractivity contribution in [1.29, 1.82) is 0 Å². The van der Waals surface area contributed by atoms with Gasteiger partial charge >= 0.3 is 5.97 Å². The molecule has 0 atom stereocenters. The molecule has 0 saturated heterocycles. The van der Waals surface area contributed by atoms with Crippen molar-refractivity contribution >= 4 is 39.0 Å². The lowest BCUT2D eigenvalue weighted by atomic mass is 10.1. The number of halogens is 1. The van der Waals surface area contributed by atoms with Crippen LogP contribution in [0, 0.1) is 6.92 Å². The fourth-order valence-electron chi connectivity index (χ4n) is 3.16. The Balaban J connectivity index is 2.08. The van der Waals surface area contributed by atoms with Crippen molar-refractivity contribution in [2.75, 3.05) is 33.1 Å². The molecule has 1 heterocycles. The summed E-state index contributed by atoms with van der Waals surface area (Å²) >= 11 is 6.37. The highest BCUT2D eigenvalue weighted by atomic mass is 35.5. The Hall–Kier alpha value is -2.62. The average Bonchev–Trinajstić information content (AvgIpc) is 2.74. The van der Waals surface area contributed by atoms with E-state index in [9.17, 15) is 18.0 Å². The summed E-state index contributed by atoms with van der Waals surface area (Å²) in [4.78, 5) is 25.6. The van der Waals surface area contributed by atoms with Gasteiger partial charge in [-0.3, -0.25) is 4.79 Å². The standard InChI is InChI=1S/C20H21ClN2O6S/c1-11-5-12(20(25)28-4)7-16-18(11)29-19-13(10-30(16,26)27)6-14(8-15(19)21)22-17(24)9-23(2)3/h5-8H,9-10H2,1-4H3,(H,22,24). The van der Waals surface area contributed by atoms with Crippen LogP contribution in [0.25, 0.3) is 0 Å². The maximum atomic E-state index is 13.1. The molecule has 1 N–H and O–H groups in total. The van der Waals surface area contributed by atoms with E-state index < -0.39 is 21.6 Å². The molecule has 30 heavy (non-hydrogen) atoms. The summed E-state index contributed by atoms with van der Waals surface area (Å²) in [6.45, 7) is 1.79. The number of carbonyl (C=O) groups is 2. The van der Waals surface area contributed by atoms with Gasteiger partial charge in [-0.2, -0.15) is 0 Å². The summed E-state index contributed by atoms with van der Waals surface area (Å²) in [5, 5.41) is 2.86. The van der Waals surface area contributed by atoms with Gasteiger partial charge in [0.25, 0.3) is 0 Å². The van der Waals surface area contributed by atoms with Crippen molar-refractivity contribution in [3.05, 3.63) is 46.0 Å². The topological polar surface area (TPSA) is 102 Å². The summed E-state index contributed by atoms with van der Waals surface area (Å²) in [7, 11) is 0.859. The molecule has 2 aromatic rings. The molecule has 1 amide bonds. The van der Waals surface area contributed by atoms with Crippen LogP contribution in [0.1, 0.15) is 21.5 Å². The number of benzene rings is 2. The normalized spacial score (nSPS) is 14.2. The van der Waals surface area contributed by atoms with Crippen molar-refractivity contribution < 1.29 is 27.5 Å². The van der Waals surface area contributed by atoms with Gasteiger partial charge in [-0.15, -0.1) is 0 Å². The first-order valence-electron chi connectivity index (χ1n) is 8.92. The number of sulfone groups is 1. The largest absolute Gasteiger partial charge is 0.465 e. The number of methoxy groups -OCH3 is 1. The molecule has 2 aromatic carbocycles. The maximum Gasteiger partial charge on any atom is 0.337 e. The number of nitrogens with zero attached hydrogens (tertiary/aromatic N) is 1. The summed E-state index contributed by atoms with van der Waals surface area (Å²) in [5.41, 5.74) is 1.22. The van der Waals surface area contributed by atoms with Gasteiger partial charge in [0.15, 0.2) is 9.84 Å². The van der Waals surface area contributed by atoms with Gasteiger partial charge in [0.05, 0.1) is 30.0 Å². The highest BCUT2D eigenvalue weighted by molar-refractivity contribution is 7.90. The zero-order valence-electron chi connectivity index (χ0n) is 16.9. The van der Waals surface area contributed by atoms with E-state index in [0.717, 1.165) is 0 Å². The van der Waals surface area contributed by atoms with Crippen LogP contribution in [0.15, 0.2) is 29.2 Å². The van der Waals surface area contributed by atoms with E-state index in [0.29, 0.717) is 16.8 Å². The summed E-state index contributed by atoms with van der Waals surface area (Å²) in [6.07, 6.45) is 0. The number of nitrogens with one attached hydrogen (secondary N) is 1. The quantitative estimate of drug-likeness (QED) is 0.711. The van der Waals surface area contributed by atoms with Crippen molar-refractivity contribution in [1.82, 2.24) is 4.90 Å². The molecule has 0 unspecified atom stereocenters. The number of amides is 1. The predicted octanol–water partition coefficient (Wildman–Crippen LogP) is 3.01. The van der Waals surface area contributed by atoms with Gasteiger partial charge in [-0.05, 0) is 50.8 Å². The molecule has 0 saturated carbocycles. The zero-order chi connectivity index (χ0) is 22.2. The second-order valence-electron chi connectivity index (χ2n) is 7.21. The third-order valence-corrected chi connectivity index (χ3v) is 6.36. The van der Waals surface area contributed by atoms with Gasteiger partial charge in [0, 0.05) is 11.3 Å². The minimum absolute atomic E-state index is 0.104. The smallest absolute Gasteiger partial charge is 0.337 e. The number of aryl methyl sites for hydroxylation is 1. The lowest BCUT2D eigenvalue weighted by Gasteiger charge is -2.15. The van der Waals surface area contributed by atoms with Crippen LogP contribution in [-0.2, 0) is 25.1 Å². The third-order valence-electron chi connectivity index (χ3n) is 4.41. The molecular formula is C20H21ClN2O6S. The summed E-state index contributed by atoms with van der Waals surface area (Å²) in [5.74, 6) is -1.03. The van der Waals surface area contributed by atoms with Crippen LogP contribution >= 0.6 is 11.6 Å². The van der Waals surface area contributed by atoms with Crippen LogP contribution in [0.2, 0.25) is 5.02 Å². The molecule has 8 nitrogen and oxygen atoms in total. The van der Waals surface area contributed by atoms with Crippen LogP contribution < -0.4 is 10.1 Å². The maximum absolute atomic E-state index is 13.1. The van der Waals surface area contributed by atoms with Crippen molar-refractivity contribution in [3.63, 3.8) is 0 Å². The van der Waals surface area contributed by atoms with E-state index in [1.54, 1.807) is 25.9 Å². The van der Waals surface area contributed by atoms with E-state index in [1.165, 1.54) is 31.4 Å². The monoisotopic (exact) mass is 452 g/mol. The van der Waals surface area contributed by atoms with Crippen LogP contribution in [0.4, 0.5) is 5.69 Å². The molecule has 0 spiro atoms. The summed E-state index contributed by atoms with van der Waals surface area (Å²) < 4.78 is 36.8. The van der Waals surface area contributed by atoms with E-state index in [2.05, 4.69) is 5.32 Å². The van der Waals surface area contributed by atoms with Gasteiger partial charge in [0.2, 0.25) is 5.91 Å². The van der Waals surface area contributed by atoms with Crippen LogP contribution in [-0.4, -0.2) is 52.9 Å². The van der Waals surface area contributed by atoms with Gasteiger partial charge < -0.3 is 19.7 Å². The number of hydrogen-bond donors (Lipinski definition) is 1. The SMILES string of the molecule is COC(=O)c1cc(C)c2c(c1)S(=O)(=O)Cc1cc(NC(=O)CN(C)C)cc(Cl)c1O2. The Morgan fingerprint density at radius 3 is 2.53 bits per heavy atom. The Kier molecular flexibility index (Phi) is 6.07. The van der Waals surface area contributed by atoms with Crippen molar-refractivity contribution in [3.8, 4) is 11.5 Å². The molecule has 1 aliphatic rings. The van der Waals surface area contributed by atoms with Gasteiger partial charge in [-0.1, -0.05) is 11.6 Å². The molecule has 0 radical (unpaired) electrons. The average molecular weight is 453 g/mol. The van der Waals surface area contributed by atoms with Crippen molar-refractivity contribution in [2.45, 2.75) is 17.6 Å². The summed E-state index contributed by atoms with van der Waals surface area (Å²) in [6, 6.07) is 5.76. The second kappa shape index (κ2) is 8.25. The number of hydrogen-bond acceptors (Lipinski definition) is 7. The van der Waals surface area contributed by atoms with Gasteiger partial charge in [0.1, 0.15) is 16.4 Å². The minimum atomic E-state index is -3.87. The van der Waals surface area contributed by atoms with Crippen LogP contribution in [0.5, 0.6) is 11.5 Å². The molecule has 0 aromatic heterocycles. The first kappa shape index (κ1) is 22.1. The molecule has 10 heteroatoms.